The van der Waals surface area contributed by atoms with Crippen molar-refractivity contribution in [2.45, 2.75) is 39.0 Å². The Morgan fingerprint density at radius 1 is 0.872 bits per heavy atom. The van der Waals surface area contributed by atoms with Crippen LogP contribution in [0.25, 0.3) is 10.9 Å². The number of aryl methyl sites for hydroxylation is 1. The Morgan fingerprint density at radius 2 is 1.51 bits per heavy atom. The van der Waals surface area contributed by atoms with E-state index in [0.29, 0.717) is 16.8 Å². The summed E-state index contributed by atoms with van der Waals surface area (Å²) in [5.74, 6) is -1.83. The smallest absolute Gasteiger partial charge is 0.340 e. The minimum atomic E-state index is -0.994. The predicted molar refractivity (Wildman–Crippen MR) is 171 cm³/mol. The Bertz CT molecular complexity index is 1910. The fourth-order valence-corrected chi connectivity index (χ4v) is 4.51. The number of esters is 2. The minimum absolute atomic E-state index is 0.104. The van der Waals surface area contributed by atoms with Crippen LogP contribution in [0, 0.1) is 0 Å². The van der Waals surface area contributed by atoms with E-state index in [1.165, 1.54) is 43.7 Å². The number of nitrogens with zero attached hydrogens (tertiary/aromatic N) is 2. The number of rotatable bonds is 12. The standard InChI is InChI=1S/C33H35N5O9/c1-19(34)28(39)36-20(2)31(42)46-18-47-32(43)23-9-5-22(6-10-23)17-38-30(41)26-15-24(11-14-27(26)37(3)33(38)44)29(40)35-16-21-7-12-25(45-4)13-8-21/h5-15,19-20H,16-18,34H2,1-4H3,(H,35,40)(H,36,39). The summed E-state index contributed by atoms with van der Waals surface area (Å²) in [5.41, 5.74) is 6.47. The van der Waals surface area contributed by atoms with Crippen molar-refractivity contribution in [3.8, 4) is 5.75 Å². The normalized spacial score (nSPS) is 12.1. The number of nitrogens with two attached hydrogens (primary N) is 1. The Hall–Kier alpha value is -5.76. The van der Waals surface area contributed by atoms with Gasteiger partial charge < -0.3 is 30.6 Å². The van der Waals surface area contributed by atoms with Crippen molar-refractivity contribution < 1.29 is 33.4 Å². The average Bonchev–Trinajstić information content (AvgIpc) is 3.08. The molecule has 2 amide bonds. The maximum atomic E-state index is 13.5. The second-order valence-electron chi connectivity index (χ2n) is 10.7. The molecule has 14 heteroatoms. The van der Waals surface area contributed by atoms with Gasteiger partial charge in [-0.3, -0.25) is 23.5 Å². The van der Waals surface area contributed by atoms with Crippen LogP contribution >= 0.6 is 0 Å². The Morgan fingerprint density at radius 3 is 2.15 bits per heavy atom. The van der Waals surface area contributed by atoms with Crippen LogP contribution in [-0.2, 0) is 39.2 Å². The highest BCUT2D eigenvalue weighted by Crippen LogP contribution is 2.14. The first-order valence-electron chi connectivity index (χ1n) is 14.5. The van der Waals surface area contributed by atoms with E-state index in [4.69, 9.17) is 19.9 Å². The highest BCUT2D eigenvalue weighted by Gasteiger charge is 2.20. The summed E-state index contributed by atoms with van der Waals surface area (Å²) in [4.78, 5) is 75.5. The third kappa shape index (κ3) is 8.29. The molecule has 0 bridgehead atoms. The molecule has 3 aromatic carbocycles. The third-order valence-electron chi connectivity index (χ3n) is 7.27. The van der Waals surface area contributed by atoms with E-state index in [-0.39, 0.29) is 35.5 Å². The van der Waals surface area contributed by atoms with E-state index in [9.17, 15) is 28.8 Å². The zero-order valence-corrected chi connectivity index (χ0v) is 26.3. The lowest BCUT2D eigenvalue weighted by Gasteiger charge is -2.14. The van der Waals surface area contributed by atoms with Gasteiger partial charge >= 0.3 is 17.6 Å². The maximum absolute atomic E-state index is 13.5. The van der Waals surface area contributed by atoms with Gasteiger partial charge in [0.05, 0.1) is 36.2 Å². The number of hydrogen-bond acceptors (Lipinski definition) is 10. The SMILES string of the molecule is COc1ccc(CNC(=O)c2ccc3c(c2)c(=O)n(Cc2ccc(C(=O)OCOC(=O)C(C)NC(=O)C(C)N)cc2)c(=O)n3C)cc1. The van der Waals surface area contributed by atoms with Crippen molar-refractivity contribution in [3.63, 3.8) is 0 Å². The van der Waals surface area contributed by atoms with Gasteiger partial charge in [-0.25, -0.2) is 14.4 Å². The summed E-state index contributed by atoms with van der Waals surface area (Å²) in [6, 6.07) is 16.0. The lowest BCUT2D eigenvalue weighted by atomic mass is 10.1. The molecule has 0 saturated heterocycles. The number of nitrogens with one attached hydrogen (secondary N) is 2. The summed E-state index contributed by atoms with van der Waals surface area (Å²) in [5, 5.41) is 5.38. The number of ether oxygens (including phenoxy) is 3. The molecule has 1 aromatic heterocycles. The number of carbonyl (C=O) groups is 4. The number of amides is 2. The topological polar surface area (TPSA) is 190 Å². The van der Waals surface area contributed by atoms with Crippen LogP contribution < -0.4 is 32.4 Å². The molecule has 2 unspecified atom stereocenters. The zero-order chi connectivity index (χ0) is 34.2. The summed E-state index contributed by atoms with van der Waals surface area (Å²) in [6.45, 7) is 2.35. The van der Waals surface area contributed by atoms with E-state index in [0.717, 1.165) is 10.1 Å². The molecule has 0 aliphatic rings. The molecule has 1 heterocycles. The third-order valence-corrected chi connectivity index (χ3v) is 7.27. The first kappa shape index (κ1) is 34.1. The molecule has 0 fully saturated rings. The molecule has 14 nitrogen and oxygen atoms in total. The highest BCUT2D eigenvalue weighted by atomic mass is 16.7. The molecule has 4 aromatic rings. The quantitative estimate of drug-likeness (QED) is 0.149. The van der Waals surface area contributed by atoms with Gasteiger partial charge in [-0.1, -0.05) is 24.3 Å². The van der Waals surface area contributed by atoms with Crippen LogP contribution in [-0.4, -0.2) is 58.9 Å². The van der Waals surface area contributed by atoms with Crippen LogP contribution in [0.5, 0.6) is 5.75 Å². The summed E-state index contributed by atoms with van der Waals surface area (Å²) < 4.78 is 17.4. The lowest BCUT2D eigenvalue weighted by Crippen LogP contribution is -2.46. The first-order valence-corrected chi connectivity index (χ1v) is 14.5. The van der Waals surface area contributed by atoms with E-state index in [1.54, 1.807) is 43.5 Å². The predicted octanol–water partition coefficient (Wildman–Crippen LogP) is 1.20. The summed E-state index contributed by atoms with van der Waals surface area (Å²) >= 11 is 0. The molecule has 0 radical (unpaired) electrons. The van der Waals surface area contributed by atoms with E-state index in [2.05, 4.69) is 10.6 Å². The maximum Gasteiger partial charge on any atom is 0.340 e. The van der Waals surface area contributed by atoms with Gasteiger partial charge in [0.1, 0.15) is 11.8 Å². The molecular weight excluding hydrogens is 610 g/mol. The first-order chi connectivity index (χ1) is 22.4. The molecule has 0 aliphatic carbocycles. The van der Waals surface area contributed by atoms with E-state index < -0.39 is 48.0 Å². The van der Waals surface area contributed by atoms with Crippen molar-refractivity contribution in [2.24, 2.45) is 12.8 Å². The van der Waals surface area contributed by atoms with Crippen LogP contribution in [0.4, 0.5) is 0 Å². The van der Waals surface area contributed by atoms with Gasteiger partial charge in [0.15, 0.2) is 0 Å². The van der Waals surface area contributed by atoms with E-state index in [1.807, 2.05) is 12.1 Å². The molecule has 4 rings (SSSR count). The van der Waals surface area contributed by atoms with Gasteiger partial charge in [-0.2, -0.15) is 0 Å². The van der Waals surface area contributed by atoms with Gasteiger partial charge in [0.25, 0.3) is 11.5 Å². The second-order valence-corrected chi connectivity index (χ2v) is 10.7. The average molecular weight is 646 g/mol. The lowest BCUT2D eigenvalue weighted by molar-refractivity contribution is -0.155. The van der Waals surface area contributed by atoms with Crippen LogP contribution in [0.1, 0.15) is 45.7 Å². The molecule has 4 N–H and O–H groups in total. The van der Waals surface area contributed by atoms with Crippen molar-refractivity contribution >= 4 is 34.7 Å². The minimum Gasteiger partial charge on any atom is -0.497 e. The summed E-state index contributed by atoms with van der Waals surface area (Å²) in [6.07, 6.45) is 0. The van der Waals surface area contributed by atoms with Gasteiger partial charge in [-0.15, -0.1) is 0 Å². The number of hydrogen-bond donors (Lipinski definition) is 3. The number of aromatic nitrogens is 2. The van der Waals surface area contributed by atoms with Crippen LogP contribution in [0.15, 0.2) is 76.3 Å². The van der Waals surface area contributed by atoms with Crippen LogP contribution in [0.3, 0.4) is 0 Å². The second kappa shape index (κ2) is 15.0. The largest absolute Gasteiger partial charge is 0.497 e. The molecule has 246 valence electrons. The van der Waals surface area contributed by atoms with Crippen molar-refractivity contribution in [2.75, 3.05) is 13.9 Å². The highest BCUT2D eigenvalue weighted by molar-refractivity contribution is 5.97. The number of benzene rings is 3. The summed E-state index contributed by atoms with van der Waals surface area (Å²) in [7, 11) is 3.10. The monoisotopic (exact) mass is 645 g/mol. The molecular formula is C33H35N5O9. The molecule has 0 spiro atoms. The Labute approximate surface area is 269 Å². The number of methoxy groups -OCH3 is 1. The zero-order valence-electron chi connectivity index (χ0n) is 26.3. The molecule has 47 heavy (non-hydrogen) atoms. The van der Waals surface area contributed by atoms with Crippen LogP contribution in [0.2, 0.25) is 0 Å². The molecule has 0 saturated carbocycles. The Balaban J connectivity index is 1.42. The molecule has 0 aliphatic heterocycles. The van der Waals surface area contributed by atoms with Crippen molar-refractivity contribution in [1.29, 1.82) is 0 Å². The van der Waals surface area contributed by atoms with Gasteiger partial charge in [0, 0.05) is 19.2 Å². The number of fused-ring (bicyclic) bond motifs is 1. The Kier molecular flexibility index (Phi) is 10.9. The number of carbonyl (C=O) groups excluding carboxylic acids is 4. The fraction of sp³-hybridized carbons (Fsp3) is 0.273. The fourth-order valence-electron chi connectivity index (χ4n) is 4.51. The van der Waals surface area contributed by atoms with Crippen molar-refractivity contribution in [3.05, 3.63) is 110 Å². The van der Waals surface area contributed by atoms with Crippen molar-refractivity contribution in [1.82, 2.24) is 19.8 Å². The van der Waals surface area contributed by atoms with E-state index >= 15 is 0 Å². The van der Waals surface area contributed by atoms with Gasteiger partial charge in [0.2, 0.25) is 12.7 Å². The molecule has 2 atom stereocenters. The van der Waals surface area contributed by atoms with Gasteiger partial charge in [-0.05, 0) is 67.4 Å².